The number of halogens is 1. The predicted octanol–water partition coefficient (Wildman–Crippen LogP) is 5.87. The van der Waals surface area contributed by atoms with Crippen LogP contribution in [0.2, 0.25) is 0 Å². The molecular weight excluding hydrogens is 468 g/mol. The van der Waals surface area contributed by atoms with Crippen LogP contribution in [-0.2, 0) is 0 Å². The highest BCUT2D eigenvalue weighted by atomic mass is 79.9. The van der Waals surface area contributed by atoms with Crippen LogP contribution in [0.15, 0.2) is 76.1 Å². The van der Waals surface area contributed by atoms with Crippen molar-refractivity contribution in [3.05, 3.63) is 81.6 Å². The summed E-state index contributed by atoms with van der Waals surface area (Å²) in [7, 11) is 3.28. The monoisotopic (exact) mass is 484 g/mol. The van der Waals surface area contributed by atoms with Crippen LogP contribution in [-0.4, -0.2) is 24.0 Å². The molecule has 0 saturated carbocycles. The Morgan fingerprint density at radius 2 is 1.34 bits per heavy atom. The van der Waals surface area contributed by atoms with E-state index in [4.69, 9.17) is 14.6 Å². The lowest BCUT2D eigenvalue weighted by atomic mass is 9.90. The summed E-state index contributed by atoms with van der Waals surface area (Å²) >= 11 is 3.81. The van der Waals surface area contributed by atoms with Crippen molar-refractivity contribution < 1.29 is 9.47 Å². The average molecular weight is 485 g/mol. The molecule has 1 heterocycles. The van der Waals surface area contributed by atoms with Gasteiger partial charge in [0.05, 0.1) is 19.9 Å². The molecule has 1 aromatic heterocycles. The Morgan fingerprint density at radius 3 is 1.97 bits per heavy atom. The van der Waals surface area contributed by atoms with Crippen LogP contribution >= 0.6 is 15.9 Å². The van der Waals surface area contributed by atoms with Crippen molar-refractivity contribution in [3.63, 3.8) is 0 Å². The molecule has 4 aromatic carbocycles. The molecule has 6 heteroatoms. The van der Waals surface area contributed by atoms with E-state index in [9.17, 15) is 4.79 Å². The van der Waals surface area contributed by atoms with E-state index < -0.39 is 0 Å². The summed E-state index contributed by atoms with van der Waals surface area (Å²) in [5, 5.41) is 5.01. The van der Waals surface area contributed by atoms with Gasteiger partial charge in [0.2, 0.25) is 0 Å². The zero-order valence-corrected chi connectivity index (χ0v) is 18.9. The van der Waals surface area contributed by atoms with E-state index in [-0.39, 0.29) is 5.43 Å². The standard InChI is InChI=1S/C26H17BrN2O3/c1-31-15-8-10-17-19(12-15)23-24(28-29(26(23)27)14-6-4-3-5-7-14)20-13-16(32-2)9-11-18(20)22-21(17)25(22)30/h3-13H,1-2H3. The lowest BCUT2D eigenvalue weighted by Gasteiger charge is -2.15. The molecule has 32 heavy (non-hydrogen) atoms. The Morgan fingerprint density at radius 1 is 0.750 bits per heavy atom. The van der Waals surface area contributed by atoms with Crippen LogP contribution in [0.4, 0.5) is 0 Å². The van der Waals surface area contributed by atoms with Gasteiger partial charge in [-0.15, -0.1) is 0 Å². The Bertz CT molecular complexity index is 1530. The Kier molecular flexibility index (Phi) is 4.13. The average Bonchev–Trinajstić information content (AvgIpc) is 3.36. The van der Waals surface area contributed by atoms with Crippen molar-refractivity contribution in [3.8, 4) is 61.8 Å². The first kappa shape index (κ1) is 19.1. The maximum absolute atomic E-state index is 12.9. The second-order valence-electron chi connectivity index (χ2n) is 7.66. The predicted molar refractivity (Wildman–Crippen MR) is 128 cm³/mol. The first-order valence-electron chi connectivity index (χ1n) is 10.1. The van der Waals surface area contributed by atoms with Gasteiger partial charge in [-0.05, 0) is 81.2 Å². The summed E-state index contributed by atoms with van der Waals surface area (Å²) in [6.45, 7) is 0. The van der Waals surface area contributed by atoms with Crippen LogP contribution in [0.25, 0.3) is 50.3 Å². The van der Waals surface area contributed by atoms with E-state index in [2.05, 4.69) is 15.9 Å². The molecule has 5 nitrogen and oxygen atoms in total. The van der Waals surface area contributed by atoms with Gasteiger partial charge >= 0.3 is 0 Å². The molecular formula is C26H17BrN2O3. The number of fused-ring (bicyclic) bond motifs is 8. The number of nitrogens with zero attached hydrogens (tertiary/aromatic N) is 2. The summed E-state index contributed by atoms with van der Waals surface area (Å²) < 4.78 is 13.7. The Labute approximate surface area is 192 Å². The topological polar surface area (TPSA) is 53.4 Å². The van der Waals surface area contributed by atoms with E-state index in [1.807, 2.05) is 71.4 Å². The van der Waals surface area contributed by atoms with Gasteiger partial charge in [-0.3, -0.25) is 4.79 Å². The van der Waals surface area contributed by atoms with Gasteiger partial charge in [0.15, 0.2) is 5.43 Å². The third-order valence-electron chi connectivity index (χ3n) is 5.99. The summed E-state index contributed by atoms with van der Waals surface area (Å²) in [5.74, 6) is 1.43. The summed E-state index contributed by atoms with van der Waals surface area (Å²) in [6.07, 6.45) is 0. The number of ether oxygens (including phenoxy) is 2. The minimum Gasteiger partial charge on any atom is -0.497 e. The Hall–Kier alpha value is -3.64. The fourth-order valence-electron chi connectivity index (χ4n) is 4.39. The van der Waals surface area contributed by atoms with Gasteiger partial charge in [0, 0.05) is 22.3 Å². The molecule has 1 aliphatic carbocycles. The normalized spacial score (nSPS) is 11.7. The minimum absolute atomic E-state index is 0.0695. The number of rotatable bonds is 3. The smallest absolute Gasteiger partial charge is 0.195 e. The first-order chi connectivity index (χ1) is 15.6. The molecule has 0 saturated heterocycles. The molecule has 0 fully saturated rings. The lowest BCUT2D eigenvalue weighted by molar-refractivity contribution is 0.415. The third kappa shape index (κ3) is 2.63. The molecule has 1 aliphatic rings. The maximum Gasteiger partial charge on any atom is 0.195 e. The molecule has 0 aliphatic heterocycles. The molecule has 0 unspecified atom stereocenters. The number of para-hydroxylation sites is 1. The van der Waals surface area contributed by atoms with Crippen LogP contribution in [0.3, 0.4) is 0 Å². The van der Waals surface area contributed by atoms with Gasteiger partial charge in [-0.1, -0.05) is 18.2 Å². The zero-order valence-electron chi connectivity index (χ0n) is 17.3. The molecule has 0 bridgehead atoms. The molecule has 0 spiro atoms. The quantitative estimate of drug-likeness (QED) is 0.315. The van der Waals surface area contributed by atoms with E-state index in [0.717, 1.165) is 60.7 Å². The van der Waals surface area contributed by atoms with Gasteiger partial charge in [-0.2, -0.15) is 5.10 Å². The number of aromatic nitrogens is 2. The van der Waals surface area contributed by atoms with E-state index in [1.54, 1.807) is 14.2 Å². The molecule has 5 aromatic rings. The Balaban J connectivity index is 1.75. The highest BCUT2D eigenvalue weighted by Crippen LogP contribution is 2.52. The van der Waals surface area contributed by atoms with Gasteiger partial charge < -0.3 is 9.47 Å². The summed E-state index contributed by atoms with van der Waals surface area (Å²) in [4.78, 5) is 12.9. The SMILES string of the molecule is COc1ccc2c(c1)-c1nn(-c3ccccc3)c(Br)c1-c1cc(OC)ccc1-c1c-2c1=O. The molecule has 0 radical (unpaired) electrons. The van der Waals surface area contributed by atoms with E-state index >= 15 is 0 Å². The second-order valence-corrected chi connectivity index (χ2v) is 8.42. The lowest BCUT2D eigenvalue weighted by Crippen LogP contribution is -1.96. The number of hydrogen-bond acceptors (Lipinski definition) is 4. The van der Waals surface area contributed by atoms with Crippen molar-refractivity contribution in [1.82, 2.24) is 9.78 Å². The van der Waals surface area contributed by atoms with Crippen LogP contribution in [0.5, 0.6) is 11.5 Å². The molecule has 6 rings (SSSR count). The zero-order chi connectivity index (χ0) is 22.0. The van der Waals surface area contributed by atoms with Crippen molar-refractivity contribution in [2.45, 2.75) is 0 Å². The van der Waals surface area contributed by atoms with Crippen LogP contribution in [0.1, 0.15) is 0 Å². The fourth-order valence-corrected chi connectivity index (χ4v) is 5.07. The second kappa shape index (κ2) is 6.93. The van der Waals surface area contributed by atoms with Crippen LogP contribution < -0.4 is 14.9 Å². The molecule has 0 atom stereocenters. The van der Waals surface area contributed by atoms with Gasteiger partial charge in [0.1, 0.15) is 21.8 Å². The van der Waals surface area contributed by atoms with Gasteiger partial charge in [0.25, 0.3) is 0 Å². The maximum atomic E-state index is 12.9. The van der Waals surface area contributed by atoms with E-state index in [0.29, 0.717) is 5.75 Å². The minimum atomic E-state index is 0.0695. The van der Waals surface area contributed by atoms with Crippen LogP contribution in [0, 0.1) is 0 Å². The highest BCUT2D eigenvalue weighted by molar-refractivity contribution is 9.10. The van der Waals surface area contributed by atoms with E-state index in [1.165, 1.54) is 0 Å². The number of benzene rings is 3. The first-order valence-corrected chi connectivity index (χ1v) is 10.9. The summed E-state index contributed by atoms with van der Waals surface area (Å²) in [6, 6.07) is 21.5. The van der Waals surface area contributed by atoms with Gasteiger partial charge in [-0.25, -0.2) is 4.68 Å². The largest absolute Gasteiger partial charge is 0.497 e. The fraction of sp³-hybridized carbons (Fsp3) is 0.0769. The summed E-state index contributed by atoms with van der Waals surface area (Å²) in [5.41, 5.74) is 7.70. The molecule has 0 N–H and O–H groups in total. The molecule has 0 amide bonds. The highest BCUT2D eigenvalue weighted by Gasteiger charge is 2.35. The number of methoxy groups -OCH3 is 2. The third-order valence-corrected chi connectivity index (χ3v) is 6.72. The molecule has 156 valence electrons. The van der Waals surface area contributed by atoms with Crippen molar-refractivity contribution in [1.29, 1.82) is 0 Å². The number of hydrogen-bond donors (Lipinski definition) is 0. The van der Waals surface area contributed by atoms with Crippen molar-refractivity contribution >= 4 is 15.9 Å². The van der Waals surface area contributed by atoms with Crippen molar-refractivity contribution in [2.24, 2.45) is 0 Å². The van der Waals surface area contributed by atoms with Crippen molar-refractivity contribution in [2.75, 3.05) is 14.2 Å².